The summed E-state index contributed by atoms with van der Waals surface area (Å²) in [4.78, 5) is 9.70. The predicted molar refractivity (Wildman–Crippen MR) is 239 cm³/mol. The van der Waals surface area contributed by atoms with Crippen LogP contribution in [0.15, 0.2) is 176 Å². The fourth-order valence-electron chi connectivity index (χ4n) is 10.3. The molecule has 2 aliphatic heterocycles. The van der Waals surface area contributed by atoms with Crippen molar-refractivity contribution in [2.24, 2.45) is 0 Å². The number of rotatable bonds is 2. The molecular weight excluding hydrogens is 677 g/mol. The monoisotopic (exact) mass is 709 g/mol. The Hall–Kier alpha value is -7.17. The van der Waals surface area contributed by atoms with Gasteiger partial charge in [0.05, 0.1) is 11.9 Å². The molecule has 4 heteroatoms. The van der Waals surface area contributed by atoms with Crippen LogP contribution in [0.1, 0.15) is 5.56 Å². The van der Waals surface area contributed by atoms with E-state index < -0.39 is 0 Å². The standard InChI is InChI=1S/C52H32BN3/c1-31-14-20-36(21-15-31)55-46-12-5-13-47-50(46)53(44-27-26-41-40-22-18-32-7-2-3-11-38(32)39(40)24-25-42(41)51(44)55)45-29-35-17-16-33-8-4-9-34-19-23-43(49(35)48(33)34)52(45)56(47)37-10-6-28-54-30-37/h2-30H,1H3. The summed E-state index contributed by atoms with van der Waals surface area (Å²) in [6.07, 6.45) is 3.88. The molecule has 0 atom stereocenters. The van der Waals surface area contributed by atoms with Crippen molar-refractivity contribution in [1.82, 2.24) is 4.98 Å². The predicted octanol–water partition coefficient (Wildman–Crippen LogP) is 11.8. The largest absolute Gasteiger partial charge is 0.311 e. The maximum Gasteiger partial charge on any atom is 0.252 e. The van der Waals surface area contributed by atoms with Crippen molar-refractivity contribution in [3.8, 4) is 0 Å². The molecule has 0 amide bonds. The number of hydrogen-bond acceptors (Lipinski definition) is 3. The van der Waals surface area contributed by atoms with Gasteiger partial charge < -0.3 is 9.80 Å². The average molecular weight is 710 g/mol. The highest BCUT2D eigenvalue weighted by molar-refractivity contribution is 7.01. The quantitative estimate of drug-likeness (QED) is 0.132. The van der Waals surface area contributed by atoms with E-state index in [1.54, 1.807) is 0 Å². The molecule has 0 aliphatic carbocycles. The first kappa shape index (κ1) is 30.2. The van der Waals surface area contributed by atoms with Crippen LogP contribution in [0, 0.1) is 6.92 Å². The number of pyridine rings is 1. The second-order valence-corrected chi connectivity index (χ2v) is 15.6. The fourth-order valence-corrected chi connectivity index (χ4v) is 10.3. The van der Waals surface area contributed by atoms with E-state index in [1.807, 2.05) is 12.4 Å². The van der Waals surface area contributed by atoms with Crippen molar-refractivity contribution in [3.05, 3.63) is 182 Å². The summed E-state index contributed by atoms with van der Waals surface area (Å²) < 4.78 is 0. The molecule has 0 saturated carbocycles. The van der Waals surface area contributed by atoms with Gasteiger partial charge in [-0.25, -0.2) is 0 Å². The van der Waals surface area contributed by atoms with Gasteiger partial charge in [-0.05, 0) is 114 Å². The van der Waals surface area contributed by atoms with Crippen LogP contribution in [0.25, 0.3) is 64.6 Å². The topological polar surface area (TPSA) is 19.4 Å². The van der Waals surface area contributed by atoms with Gasteiger partial charge in [-0.1, -0.05) is 133 Å². The number of nitrogens with zero attached hydrogens (tertiary/aromatic N) is 3. The van der Waals surface area contributed by atoms with Crippen LogP contribution in [-0.4, -0.2) is 11.7 Å². The molecule has 10 aromatic carbocycles. The Kier molecular flexibility index (Phi) is 5.91. The first-order chi connectivity index (χ1) is 27.7. The van der Waals surface area contributed by atoms with E-state index in [4.69, 9.17) is 0 Å². The number of benzene rings is 10. The van der Waals surface area contributed by atoms with Gasteiger partial charge in [0.25, 0.3) is 6.71 Å². The SMILES string of the molecule is Cc1ccc(N2c3cccc4c3B(c3ccc5c(ccc6c7ccccc7ccc56)c32)c2cc3ccc5cccc6ccc(c2N4c2cccnc2)c3c56)cc1. The van der Waals surface area contributed by atoms with E-state index in [0.717, 1.165) is 11.4 Å². The summed E-state index contributed by atoms with van der Waals surface area (Å²) in [6, 6.07) is 61.6. The van der Waals surface area contributed by atoms with Gasteiger partial charge in [-0.15, -0.1) is 0 Å². The van der Waals surface area contributed by atoms with Crippen molar-refractivity contribution in [1.29, 1.82) is 0 Å². The molecule has 11 aromatic rings. The lowest BCUT2D eigenvalue weighted by atomic mass is 9.33. The summed E-state index contributed by atoms with van der Waals surface area (Å²) in [6.45, 7) is 2.17. The Morgan fingerprint density at radius 1 is 0.429 bits per heavy atom. The van der Waals surface area contributed by atoms with Crippen molar-refractivity contribution in [2.75, 3.05) is 9.80 Å². The van der Waals surface area contributed by atoms with Gasteiger partial charge >= 0.3 is 0 Å². The maximum absolute atomic E-state index is 4.68. The smallest absolute Gasteiger partial charge is 0.252 e. The van der Waals surface area contributed by atoms with Gasteiger partial charge in [0.15, 0.2) is 0 Å². The molecule has 56 heavy (non-hydrogen) atoms. The average Bonchev–Trinajstić information content (AvgIpc) is 3.25. The van der Waals surface area contributed by atoms with Crippen LogP contribution in [0.5, 0.6) is 0 Å². The highest BCUT2D eigenvalue weighted by atomic mass is 15.2. The molecule has 1 aromatic heterocycles. The zero-order valence-corrected chi connectivity index (χ0v) is 30.7. The number of fused-ring (bicyclic) bond motifs is 11. The van der Waals surface area contributed by atoms with E-state index in [9.17, 15) is 0 Å². The van der Waals surface area contributed by atoms with E-state index in [1.165, 1.54) is 109 Å². The van der Waals surface area contributed by atoms with Crippen LogP contribution in [0.2, 0.25) is 0 Å². The zero-order chi connectivity index (χ0) is 36.6. The molecule has 258 valence electrons. The highest BCUT2D eigenvalue weighted by Crippen LogP contribution is 2.49. The van der Waals surface area contributed by atoms with Crippen molar-refractivity contribution in [3.63, 3.8) is 0 Å². The lowest BCUT2D eigenvalue weighted by molar-refractivity contribution is 1.23. The number of aryl methyl sites for hydroxylation is 1. The molecule has 0 bridgehead atoms. The van der Waals surface area contributed by atoms with Gasteiger partial charge in [-0.3, -0.25) is 4.98 Å². The lowest BCUT2D eigenvalue weighted by Crippen LogP contribution is -2.61. The molecule has 0 radical (unpaired) electrons. The van der Waals surface area contributed by atoms with Crippen LogP contribution in [-0.2, 0) is 0 Å². The molecule has 0 unspecified atom stereocenters. The molecule has 0 spiro atoms. The normalized spacial score (nSPS) is 13.3. The fraction of sp³-hybridized carbons (Fsp3) is 0.0192. The Morgan fingerprint density at radius 3 is 1.89 bits per heavy atom. The third-order valence-corrected chi connectivity index (χ3v) is 12.7. The molecule has 0 fully saturated rings. The minimum absolute atomic E-state index is 0.000521. The van der Waals surface area contributed by atoms with Gasteiger partial charge in [0.1, 0.15) is 0 Å². The van der Waals surface area contributed by atoms with E-state index in [-0.39, 0.29) is 6.71 Å². The Labute approximate surface area is 324 Å². The van der Waals surface area contributed by atoms with E-state index in [2.05, 4.69) is 185 Å². The third kappa shape index (κ3) is 3.90. The third-order valence-electron chi connectivity index (χ3n) is 12.7. The molecule has 3 nitrogen and oxygen atoms in total. The highest BCUT2D eigenvalue weighted by Gasteiger charge is 2.44. The van der Waals surface area contributed by atoms with E-state index >= 15 is 0 Å². The van der Waals surface area contributed by atoms with Gasteiger partial charge in [0, 0.05) is 45.4 Å². The molecule has 13 rings (SSSR count). The van der Waals surface area contributed by atoms with E-state index in [0.29, 0.717) is 0 Å². The lowest BCUT2D eigenvalue weighted by Gasteiger charge is -2.45. The van der Waals surface area contributed by atoms with Gasteiger partial charge in [0.2, 0.25) is 0 Å². The van der Waals surface area contributed by atoms with Crippen molar-refractivity contribution in [2.45, 2.75) is 6.92 Å². The Balaban J connectivity index is 1.19. The summed E-state index contributed by atoms with van der Waals surface area (Å²) >= 11 is 0. The van der Waals surface area contributed by atoms with Crippen LogP contribution >= 0.6 is 0 Å². The molecule has 0 saturated heterocycles. The van der Waals surface area contributed by atoms with Gasteiger partial charge in [-0.2, -0.15) is 0 Å². The molecule has 2 aliphatic rings. The first-order valence-electron chi connectivity index (χ1n) is 19.5. The van der Waals surface area contributed by atoms with Crippen LogP contribution in [0.4, 0.5) is 34.1 Å². The Morgan fingerprint density at radius 2 is 1.05 bits per heavy atom. The number of anilines is 6. The second kappa shape index (κ2) is 11.0. The molecular formula is C52H32BN3. The van der Waals surface area contributed by atoms with Crippen LogP contribution < -0.4 is 26.2 Å². The summed E-state index contributed by atoms with van der Waals surface area (Å²) in [5.74, 6) is 0. The summed E-state index contributed by atoms with van der Waals surface area (Å²) in [7, 11) is 0. The minimum Gasteiger partial charge on any atom is -0.311 e. The molecule has 3 heterocycles. The summed E-state index contributed by atoms with van der Waals surface area (Å²) in [5.41, 5.74) is 12.3. The van der Waals surface area contributed by atoms with Crippen molar-refractivity contribution >= 4 is 122 Å². The minimum atomic E-state index is -0.000521. The zero-order valence-electron chi connectivity index (χ0n) is 30.7. The van der Waals surface area contributed by atoms with Crippen LogP contribution in [0.3, 0.4) is 0 Å². The first-order valence-corrected chi connectivity index (χ1v) is 19.5. The molecule has 0 N–H and O–H groups in total. The van der Waals surface area contributed by atoms with Crippen molar-refractivity contribution < 1.29 is 0 Å². The number of aromatic nitrogens is 1. The second-order valence-electron chi connectivity index (χ2n) is 15.6. The number of hydrogen-bond donors (Lipinski definition) is 0. The Bertz CT molecular complexity index is 3430. The maximum atomic E-state index is 4.68. The summed E-state index contributed by atoms with van der Waals surface area (Å²) in [5, 5.41) is 15.4.